The SMILES string of the molecule is CNC1CC(C23CC4CC(CC(C4)C2)C3)C1(C)C. The van der Waals surface area contributed by atoms with Crippen LogP contribution < -0.4 is 5.32 Å². The summed E-state index contributed by atoms with van der Waals surface area (Å²) in [6, 6.07) is 0.774. The first-order chi connectivity index (χ1) is 8.53. The molecule has 5 saturated carbocycles. The molecular formula is C17H29N. The zero-order valence-corrected chi connectivity index (χ0v) is 12.3. The first kappa shape index (κ1) is 11.8. The Balaban J connectivity index is 1.61. The summed E-state index contributed by atoms with van der Waals surface area (Å²) in [5.74, 6) is 4.35. The molecule has 0 spiro atoms. The highest BCUT2D eigenvalue weighted by molar-refractivity contribution is 5.13. The summed E-state index contributed by atoms with van der Waals surface area (Å²) >= 11 is 0. The second kappa shape index (κ2) is 3.53. The molecule has 2 unspecified atom stereocenters. The van der Waals surface area contributed by atoms with Crippen molar-refractivity contribution in [3.8, 4) is 0 Å². The molecule has 1 N–H and O–H groups in total. The van der Waals surface area contributed by atoms with E-state index in [1.54, 1.807) is 38.5 Å². The fourth-order valence-corrected chi connectivity index (χ4v) is 7.06. The van der Waals surface area contributed by atoms with Gasteiger partial charge in [0, 0.05) is 6.04 Å². The molecule has 5 fully saturated rings. The maximum atomic E-state index is 3.55. The van der Waals surface area contributed by atoms with Crippen LogP contribution >= 0.6 is 0 Å². The van der Waals surface area contributed by atoms with Crippen LogP contribution in [-0.4, -0.2) is 13.1 Å². The Morgan fingerprint density at radius 2 is 1.33 bits per heavy atom. The molecule has 0 aromatic heterocycles. The molecule has 0 saturated heterocycles. The highest BCUT2D eigenvalue weighted by atomic mass is 14.9. The van der Waals surface area contributed by atoms with Crippen molar-refractivity contribution < 1.29 is 0 Å². The predicted molar refractivity (Wildman–Crippen MR) is 75.3 cm³/mol. The van der Waals surface area contributed by atoms with Gasteiger partial charge in [-0.3, -0.25) is 0 Å². The normalized spacial score (nSPS) is 56.5. The molecule has 0 aliphatic heterocycles. The van der Waals surface area contributed by atoms with Crippen molar-refractivity contribution in [1.29, 1.82) is 0 Å². The molecule has 0 amide bonds. The fourth-order valence-electron chi connectivity index (χ4n) is 7.06. The molecule has 1 heteroatoms. The lowest BCUT2D eigenvalue weighted by Crippen LogP contribution is -2.64. The van der Waals surface area contributed by atoms with E-state index in [2.05, 4.69) is 26.2 Å². The van der Waals surface area contributed by atoms with Crippen LogP contribution in [0.4, 0.5) is 0 Å². The number of rotatable bonds is 2. The van der Waals surface area contributed by atoms with Crippen LogP contribution in [0.5, 0.6) is 0 Å². The summed E-state index contributed by atoms with van der Waals surface area (Å²) in [7, 11) is 2.16. The summed E-state index contributed by atoms with van der Waals surface area (Å²) in [6.45, 7) is 5.06. The minimum absolute atomic E-state index is 0.542. The highest BCUT2D eigenvalue weighted by Crippen LogP contribution is 2.69. The van der Waals surface area contributed by atoms with Crippen molar-refractivity contribution in [3.63, 3.8) is 0 Å². The van der Waals surface area contributed by atoms with Crippen molar-refractivity contribution >= 4 is 0 Å². The summed E-state index contributed by atoms with van der Waals surface area (Å²) in [6.07, 6.45) is 11.0. The van der Waals surface area contributed by atoms with Gasteiger partial charge < -0.3 is 5.32 Å². The van der Waals surface area contributed by atoms with Gasteiger partial charge in [-0.15, -0.1) is 0 Å². The molecule has 18 heavy (non-hydrogen) atoms. The molecule has 0 aromatic rings. The van der Waals surface area contributed by atoms with Gasteiger partial charge in [0.15, 0.2) is 0 Å². The van der Waals surface area contributed by atoms with Crippen LogP contribution in [0.25, 0.3) is 0 Å². The molecule has 0 heterocycles. The van der Waals surface area contributed by atoms with E-state index in [9.17, 15) is 0 Å². The molecule has 0 aromatic carbocycles. The molecular weight excluding hydrogens is 218 g/mol. The lowest BCUT2D eigenvalue weighted by atomic mass is 9.39. The van der Waals surface area contributed by atoms with Gasteiger partial charge >= 0.3 is 0 Å². The largest absolute Gasteiger partial charge is 0.316 e. The first-order valence-electron chi connectivity index (χ1n) is 8.21. The predicted octanol–water partition coefficient (Wildman–Crippen LogP) is 3.84. The quantitative estimate of drug-likeness (QED) is 0.782. The van der Waals surface area contributed by atoms with Crippen molar-refractivity contribution in [3.05, 3.63) is 0 Å². The second-order valence-electron chi connectivity index (χ2n) is 8.73. The number of nitrogens with one attached hydrogen (secondary N) is 1. The maximum Gasteiger partial charge on any atom is 0.0121 e. The third kappa shape index (κ3) is 1.38. The lowest BCUT2D eigenvalue weighted by Gasteiger charge is -2.67. The minimum Gasteiger partial charge on any atom is -0.316 e. The van der Waals surface area contributed by atoms with Gasteiger partial charge in [0.25, 0.3) is 0 Å². The van der Waals surface area contributed by atoms with E-state index in [4.69, 9.17) is 0 Å². The van der Waals surface area contributed by atoms with Gasteiger partial charge in [0.2, 0.25) is 0 Å². The molecule has 0 radical (unpaired) electrons. The molecule has 1 nitrogen and oxygen atoms in total. The zero-order chi connectivity index (χ0) is 12.5. The summed E-state index contributed by atoms with van der Waals surface area (Å²) < 4.78 is 0. The molecule has 5 aliphatic rings. The van der Waals surface area contributed by atoms with E-state index < -0.39 is 0 Å². The van der Waals surface area contributed by atoms with Gasteiger partial charge in [0.1, 0.15) is 0 Å². The van der Waals surface area contributed by atoms with E-state index in [1.165, 1.54) is 6.42 Å². The van der Waals surface area contributed by atoms with E-state index in [-0.39, 0.29) is 0 Å². The van der Waals surface area contributed by atoms with Crippen molar-refractivity contribution in [2.24, 2.45) is 34.5 Å². The van der Waals surface area contributed by atoms with Gasteiger partial charge in [0.05, 0.1) is 0 Å². The summed E-state index contributed by atoms with van der Waals surface area (Å²) in [4.78, 5) is 0. The molecule has 2 atom stereocenters. The number of hydrogen-bond donors (Lipinski definition) is 1. The van der Waals surface area contributed by atoms with Crippen LogP contribution in [0.15, 0.2) is 0 Å². The second-order valence-corrected chi connectivity index (χ2v) is 8.73. The minimum atomic E-state index is 0.542. The Morgan fingerprint density at radius 3 is 1.72 bits per heavy atom. The molecule has 5 rings (SSSR count). The van der Waals surface area contributed by atoms with Crippen LogP contribution in [0, 0.1) is 34.5 Å². The average molecular weight is 247 g/mol. The third-order valence-electron chi connectivity index (χ3n) is 7.44. The Kier molecular flexibility index (Phi) is 2.31. The Morgan fingerprint density at radius 1 is 0.833 bits per heavy atom. The molecule has 5 aliphatic carbocycles. The molecule has 4 bridgehead atoms. The third-order valence-corrected chi connectivity index (χ3v) is 7.44. The standard InChI is InChI=1S/C17H29N/c1-16(2)14(7-15(16)18-3)17-8-11-4-12(9-17)6-13(5-11)10-17/h11-15,18H,4-10H2,1-3H3. The zero-order valence-electron chi connectivity index (χ0n) is 12.3. The maximum absolute atomic E-state index is 3.55. The Labute approximate surface area is 112 Å². The van der Waals surface area contributed by atoms with Gasteiger partial charge in [-0.05, 0) is 86.5 Å². The van der Waals surface area contributed by atoms with Crippen LogP contribution in [0.2, 0.25) is 0 Å². The van der Waals surface area contributed by atoms with Gasteiger partial charge in [-0.25, -0.2) is 0 Å². The summed E-state index contributed by atoms with van der Waals surface area (Å²) in [5.41, 5.74) is 1.31. The molecule has 102 valence electrons. The fraction of sp³-hybridized carbons (Fsp3) is 1.00. The van der Waals surface area contributed by atoms with Crippen LogP contribution in [0.1, 0.15) is 58.8 Å². The lowest BCUT2D eigenvalue weighted by molar-refractivity contribution is -0.164. The van der Waals surface area contributed by atoms with E-state index >= 15 is 0 Å². The van der Waals surface area contributed by atoms with E-state index in [0.29, 0.717) is 5.41 Å². The van der Waals surface area contributed by atoms with Crippen molar-refractivity contribution in [2.75, 3.05) is 7.05 Å². The smallest absolute Gasteiger partial charge is 0.0121 e. The van der Waals surface area contributed by atoms with Crippen molar-refractivity contribution in [2.45, 2.75) is 64.8 Å². The highest BCUT2D eigenvalue weighted by Gasteiger charge is 2.62. The van der Waals surface area contributed by atoms with Crippen LogP contribution in [0.3, 0.4) is 0 Å². The monoisotopic (exact) mass is 247 g/mol. The van der Waals surface area contributed by atoms with Crippen LogP contribution in [-0.2, 0) is 0 Å². The van der Waals surface area contributed by atoms with Crippen molar-refractivity contribution in [1.82, 2.24) is 5.32 Å². The first-order valence-corrected chi connectivity index (χ1v) is 8.21. The van der Waals surface area contributed by atoms with E-state index in [1.807, 2.05) is 0 Å². The van der Waals surface area contributed by atoms with Gasteiger partial charge in [-0.1, -0.05) is 13.8 Å². The summed E-state index contributed by atoms with van der Waals surface area (Å²) in [5, 5.41) is 3.55. The average Bonchev–Trinajstić information content (AvgIpc) is 2.25. The topological polar surface area (TPSA) is 12.0 Å². The van der Waals surface area contributed by atoms with E-state index in [0.717, 1.165) is 35.1 Å². The van der Waals surface area contributed by atoms with Gasteiger partial charge in [-0.2, -0.15) is 0 Å². The number of hydrogen-bond acceptors (Lipinski definition) is 1. The Bertz CT molecular complexity index is 321. The Hall–Kier alpha value is -0.0400.